The Bertz CT molecular complexity index is 689. The average molecular weight is 331 g/mol. The van der Waals surface area contributed by atoms with Crippen LogP contribution in [0.5, 0.6) is 5.75 Å². The highest BCUT2D eigenvalue weighted by atomic mass is 16.7. The van der Waals surface area contributed by atoms with Crippen LogP contribution < -0.4 is 15.5 Å². The number of hydrogen-bond donors (Lipinski definition) is 3. The molecule has 2 amide bonds. The number of aromatic nitrogens is 1. The van der Waals surface area contributed by atoms with Crippen LogP contribution in [0.3, 0.4) is 0 Å². The number of urea groups is 1. The van der Waals surface area contributed by atoms with Gasteiger partial charge in [-0.25, -0.2) is 10.3 Å². The summed E-state index contributed by atoms with van der Waals surface area (Å²) >= 11 is 0. The molecule has 3 N–H and O–H groups in total. The molecule has 2 aromatic rings. The molecule has 0 aliphatic rings. The number of pyridine rings is 1. The van der Waals surface area contributed by atoms with E-state index in [9.17, 15) is 4.79 Å². The number of nitrogens with one attached hydrogen (secondary N) is 2. The number of carbonyl (C=O) groups excluding carboxylic acids is 1. The molecule has 0 unspecified atom stereocenters. The van der Waals surface area contributed by atoms with Crippen molar-refractivity contribution in [2.45, 2.75) is 19.4 Å². The molecule has 0 saturated heterocycles. The lowest BCUT2D eigenvalue weighted by molar-refractivity contribution is -0.0907. The molecule has 0 radical (unpaired) electrons. The minimum Gasteiger partial charge on any atom is -0.495 e. The summed E-state index contributed by atoms with van der Waals surface area (Å²) in [5.41, 5.74) is 3.75. The smallest absolute Gasteiger partial charge is 0.343 e. The van der Waals surface area contributed by atoms with Gasteiger partial charge in [-0.1, -0.05) is 6.07 Å². The maximum atomic E-state index is 12.0. The van der Waals surface area contributed by atoms with Gasteiger partial charge in [-0.3, -0.25) is 9.82 Å². The number of amides is 2. The predicted molar refractivity (Wildman–Crippen MR) is 90.6 cm³/mol. The third-order valence-electron chi connectivity index (χ3n) is 3.26. The molecule has 2 rings (SSSR count). The molecule has 0 aliphatic carbocycles. The number of carbonyl (C=O) groups is 1. The Kier molecular flexibility index (Phi) is 5.73. The van der Waals surface area contributed by atoms with Crippen LogP contribution in [0.2, 0.25) is 0 Å². The third-order valence-corrected chi connectivity index (χ3v) is 3.26. The normalized spacial score (nSPS) is 11.0. The topological polar surface area (TPSA) is 92.7 Å². The number of methoxy groups -OCH3 is 1. The zero-order valence-electron chi connectivity index (χ0n) is 13.9. The van der Waals surface area contributed by atoms with Gasteiger partial charge in [0.2, 0.25) is 0 Å². The predicted octanol–water partition coefficient (Wildman–Crippen LogP) is 2.58. The maximum absolute atomic E-state index is 12.0. The van der Waals surface area contributed by atoms with Crippen molar-refractivity contribution in [1.29, 1.82) is 0 Å². The summed E-state index contributed by atoms with van der Waals surface area (Å²) in [5, 5.41) is 11.8. The van der Waals surface area contributed by atoms with Crippen molar-refractivity contribution < 1.29 is 19.5 Å². The van der Waals surface area contributed by atoms with Gasteiger partial charge in [0.25, 0.3) is 0 Å². The van der Waals surface area contributed by atoms with Gasteiger partial charge in [0.15, 0.2) is 0 Å². The molecule has 0 aliphatic heterocycles. The van der Waals surface area contributed by atoms with Crippen LogP contribution in [0.4, 0.5) is 10.5 Å². The molecule has 0 atom stereocenters. The monoisotopic (exact) mass is 331 g/mol. The van der Waals surface area contributed by atoms with E-state index in [1.165, 1.54) is 7.11 Å². The van der Waals surface area contributed by atoms with Crippen molar-refractivity contribution >= 4 is 11.7 Å². The Hall–Kier alpha value is -2.64. The van der Waals surface area contributed by atoms with E-state index in [-0.39, 0.29) is 6.61 Å². The molecular formula is C17H21N3O4. The Labute approximate surface area is 140 Å². The second-order valence-corrected chi connectivity index (χ2v) is 5.73. The molecule has 0 spiro atoms. The van der Waals surface area contributed by atoms with Crippen LogP contribution in [-0.2, 0) is 4.84 Å². The van der Waals surface area contributed by atoms with Gasteiger partial charge in [0.05, 0.1) is 19.4 Å². The molecule has 1 aromatic heterocycles. The minimum absolute atomic E-state index is 0.228. The Balaban J connectivity index is 2.15. The molecule has 1 aromatic carbocycles. The van der Waals surface area contributed by atoms with Crippen molar-refractivity contribution in [2.75, 3.05) is 19.0 Å². The number of ether oxygens (including phenoxy) is 1. The number of aliphatic hydroxyl groups is 1. The Morgan fingerprint density at radius 1 is 1.21 bits per heavy atom. The van der Waals surface area contributed by atoms with Crippen molar-refractivity contribution in [2.24, 2.45) is 0 Å². The second-order valence-electron chi connectivity index (χ2n) is 5.73. The van der Waals surface area contributed by atoms with Crippen molar-refractivity contribution in [3.05, 3.63) is 42.7 Å². The molecule has 128 valence electrons. The number of benzene rings is 1. The minimum atomic E-state index is -0.875. The zero-order valence-corrected chi connectivity index (χ0v) is 13.9. The fourth-order valence-corrected chi connectivity index (χ4v) is 1.89. The molecular weight excluding hydrogens is 310 g/mol. The second kappa shape index (κ2) is 7.76. The van der Waals surface area contributed by atoms with E-state index in [2.05, 4.69) is 15.8 Å². The first-order valence-electron chi connectivity index (χ1n) is 7.39. The number of nitrogens with zero attached hydrogens (tertiary/aromatic N) is 1. The zero-order chi connectivity index (χ0) is 17.6. The number of hydroxylamine groups is 1. The molecule has 7 nitrogen and oxygen atoms in total. The summed E-state index contributed by atoms with van der Waals surface area (Å²) in [7, 11) is 1.52. The molecule has 0 fully saturated rings. The first-order chi connectivity index (χ1) is 11.4. The molecule has 7 heteroatoms. The van der Waals surface area contributed by atoms with Crippen LogP contribution in [0.1, 0.15) is 13.8 Å². The van der Waals surface area contributed by atoms with Gasteiger partial charge in [-0.15, -0.1) is 0 Å². The van der Waals surface area contributed by atoms with Crippen molar-refractivity contribution in [3.8, 4) is 16.9 Å². The summed E-state index contributed by atoms with van der Waals surface area (Å²) in [5.74, 6) is 0.518. The lowest BCUT2D eigenvalue weighted by Gasteiger charge is -2.22. The van der Waals surface area contributed by atoms with E-state index in [4.69, 9.17) is 14.7 Å². The summed E-state index contributed by atoms with van der Waals surface area (Å²) < 4.78 is 5.27. The fourth-order valence-electron chi connectivity index (χ4n) is 1.89. The number of hydrogen-bond acceptors (Lipinski definition) is 5. The lowest BCUT2D eigenvalue weighted by atomic mass is 10.1. The van der Waals surface area contributed by atoms with Gasteiger partial charge in [-0.2, -0.15) is 0 Å². The van der Waals surface area contributed by atoms with E-state index in [1.807, 2.05) is 18.2 Å². The van der Waals surface area contributed by atoms with Gasteiger partial charge in [-0.05, 0) is 49.2 Å². The van der Waals surface area contributed by atoms with Gasteiger partial charge >= 0.3 is 6.03 Å². The van der Waals surface area contributed by atoms with Crippen molar-refractivity contribution in [1.82, 2.24) is 10.5 Å². The van der Waals surface area contributed by atoms with Crippen LogP contribution >= 0.6 is 0 Å². The summed E-state index contributed by atoms with van der Waals surface area (Å²) in [6, 6.07) is 8.64. The molecule has 0 bridgehead atoms. The van der Waals surface area contributed by atoms with Crippen molar-refractivity contribution in [3.63, 3.8) is 0 Å². The van der Waals surface area contributed by atoms with Crippen LogP contribution in [0.25, 0.3) is 11.1 Å². The van der Waals surface area contributed by atoms with E-state index in [1.54, 1.807) is 38.4 Å². The van der Waals surface area contributed by atoms with E-state index in [0.717, 1.165) is 11.1 Å². The van der Waals surface area contributed by atoms with Crippen LogP contribution in [-0.4, -0.2) is 35.4 Å². The number of aliphatic hydroxyl groups excluding tert-OH is 1. The standard InChI is InChI=1S/C17H21N3O4/c1-17(2,11-21)24-20-16(22)19-14-10-13(4-5-15(14)23-3)12-6-8-18-9-7-12/h4-10,21H,11H2,1-3H3,(H2,19,20,22). The number of rotatable bonds is 6. The van der Waals surface area contributed by atoms with Crippen LogP contribution in [0.15, 0.2) is 42.7 Å². The Morgan fingerprint density at radius 3 is 2.54 bits per heavy atom. The first kappa shape index (κ1) is 17.7. The average Bonchev–Trinajstić information content (AvgIpc) is 2.61. The molecule has 0 saturated carbocycles. The summed E-state index contributed by atoms with van der Waals surface area (Å²) in [4.78, 5) is 21.1. The van der Waals surface area contributed by atoms with E-state index >= 15 is 0 Å². The number of anilines is 1. The largest absolute Gasteiger partial charge is 0.495 e. The molecule has 24 heavy (non-hydrogen) atoms. The first-order valence-corrected chi connectivity index (χ1v) is 7.39. The van der Waals surface area contributed by atoms with E-state index < -0.39 is 11.6 Å². The quantitative estimate of drug-likeness (QED) is 0.708. The van der Waals surface area contributed by atoms with E-state index in [0.29, 0.717) is 11.4 Å². The Morgan fingerprint density at radius 2 is 1.92 bits per heavy atom. The maximum Gasteiger partial charge on any atom is 0.343 e. The highest BCUT2D eigenvalue weighted by Gasteiger charge is 2.19. The fraction of sp³-hybridized carbons (Fsp3) is 0.294. The van der Waals surface area contributed by atoms with Gasteiger partial charge in [0.1, 0.15) is 11.4 Å². The highest BCUT2D eigenvalue weighted by Crippen LogP contribution is 2.30. The lowest BCUT2D eigenvalue weighted by Crippen LogP contribution is -2.40. The highest BCUT2D eigenvalue weighted by molar-refractivity contribution is 5.91. The summed E-state index contributed by atoms with van der Waals surface area (Å²) in [6.07, 6.45) is 3.40. The molecule has 1 heterocycles. The SMILES string of the molecule is COc1ccc(-c2ccncc2)cc1NC(=O)NOC(C)(C)CO. The summed E-state index contributed by atoms with van der Waals surface area (Å²) in [6.45, 7) is 3.07. The van der Waals surface area contributed by atoms with Gasteiger partial charge < -0.3 is 15.2 Å². The van der Waals surface area contributed by atoms with Gasteiger partial charge in [0, 0.05) is 12.4 Å². The van der Waals surface area contributed by atoms with Crippen LogP contribution in [0, 0.1) is 0 Å². The third kappa shape index (κ3) is 4.68.